The third kappa shape index (κ3) is 5.30. The van der Waals surface area contributed by atoms with Crippen molar-refractivity contribution < 1.29 is 17.6 Å². The van der Waals surface area contributed by atoms with Gasteiger partial charge in [-0.3, -0.25) is 0 Å². The molecule has 54 heavy (non-hydrogen) atoms. The SMILES string of the molecule is FC(F)(F)c1ccc2c(c1)c1ccccc1n2-c1ccc(-c2ccc3c(c2)oc2ccccc23)cc1-c1nc(-c2ccccc2)nc(-c2ccccc2)n1. The summed E-state index contributed by atoms with van der Waals surface area (Å²) in [5.41, 5.74) is 7.10. The number of rotatable bonds is 5. The molecule has 3 heterocycles. The number of alkyl halides is 3. The first-order chi connectivity index (χ1) is 26.4. The molecule has 0 radical (unpaired) electrons. The Morgan fingerprint density at radius 2 is 1.00 bits per heavy atom. The molecule has 3 aromatic heterocycles. The maximum absolute atomic E-state index is 14.0. The quantitative estimate of drug-likeness (QED) is 0.179. The van der Waals surface area contributed by atoms with Crippen LogP contribution in [-0.4, -0.2) is 19.5 Å². The van der Waals surface area contributed by atoms with Crippen LogP contribution >= 0.6 is 0 Å². The number of fused-ring (bicyclic) bond motifs is 6. The number of aromatic nitrogens is 4. The summed E-state index contributed by atoms with van der Waals surface area (Å²) in [4.78, 5) is 15.1. The molecular formula is C46H27F3N4O. The molecule has 0 aliphatic carbocycles. The van der Waals surface area contributed by atoms with Gasteiger partial charge in [0.05, 0.1) is 22.3 Å². The minimum Gasteiger partial charge on any atom is -0.456 e. The van der Waals surface area contributed by atoms with Gasteiger partial charge >= 0.3 is 6.18 Å². The van der Waals surface area contributed by atoms with Gasteiger partial charge in [0.15, 0.2) is 17.5 Å². The first-order valence-electron chi connectivity index (χ1n) is 17.4. The first-order valence-corrected chi connectivity index (χ1v) is 17.4. The van der Waals surface area contributed by atoms with Gasteiger partial charge in [-0.2, -0.15) is 13.2 Å². The number of para-hydroxylation sites is 2. The second-order valence-electron chi connectivity index (χ2n) is 13.2. The fraction of sp³-hybridized carbons (Fsp3) is 0.0217. The molecule has 5 nitrogen and oxygen atoms in total. The van der Waals surface area contributed by atoms with E-state index >= 15 is 0 Å². The third-order valence-electron chi connectivity index (χ3n) is 9.89. The molecule has 8 heteroatoms. The Bertz CT molecular complexity index is 2980. The van der Waals surface area contributed by atoms with Crippen LogP contribution < -0.4 is 0 Å². The fourth-order valence-corrected chi connectivity index (χ4v) is 7.33. The molecule has 7 aromatic carbocycles. The van der Waals surface area contributed by atoms with Crippen molar-refractivity contribution in [3.05, 3.63) is 169 Å². The lowest BCUT2D eigenvalue weighted by Gasteiger charge is -2.16. The lowest BCUT2D eigenvalue weighted by atomic mass is 9.99. The van der Waals surface area contributed by atoms with Crippen molar-refractivity contribution in [3.8, 4) is 51.0 Å². The van der Waals surface area contributed by atoms with Crippen LogP contribution in [0.3, 0.4) is 0 Å². The van der Waals surface area contributed by atoms with Gasteiger partial charge in [-0.25, -0.2) is 15.0 Å². The second kappa shape index (κ2) is 12.3. The van der Waals surface area contributed by atoms with Crippen molar-refractivity contribution in [2.24, 2.45) is 0 Å². The average Bonchev–Trinajstić information content (AvgIpc) is 3.76. The number of furan rings is 1. The molecule has 0 N–H and O–H groups in total. The van der Waals surface area contributed by atoms with E-state index in [1.54, 1.807) is 6.07 Å². The van der Waals surface area contributed by atoms with Gasteiger partial charge in [-0.1, -0.05) is 109 Å². The number of hydrogen-bond acceptors (Lipinski definition) is 4. The van der Waals surface area contributed by atoms with Crippen LogP contribution in [0.25, 0.3) is 94.7 Å². The minimum atomic E-state index is -4.49. The highest BCUT2D eigenvalue weighted by molar-refractivity contribution is 6.10. The highest BCUT2D eigenvalue weighted by Crippen LogP contribution is 2.41. The van der Waals surface area contributed by atoms with Gasteiger partial charge in [-0.05, 0) is 65.7 Å². The molecule has 0 saturated carbocycles. The molecular weight excluding hydrogens is 682 g/mol. The van der Waals surface area contributed by atoms with E-state index in [2.05, 4.69) is 12.1 Å². The van der Waals surface area contributed by atoms with E-state index in [4.69, 9.17) is 19.4 Å². The van der Waals surface area contributed by atoms with Crippen molar-refractivity contribution >= 4 is 43.7 Å². The summed E-state index contributed by atoms with van der Waals surface area (Å²) in [6.07, 6.45) is -4.49. The Kier molecular flexibility index (Phi) is 7.20. The number of hydrogen-bond donors (Lipinski definition) is 0. The Morgan fingerprint density at radius 3 is 1.72 bits per heavy atom. The Labute approximate surface area is 306 Å². The highest BCUT2D eigenvalue weighted by atomic mass is 19.4. The molecule has 0 fully saturated rings. The topological polar surface area (TPSA) is 56.7 Å². The summed E-state index contributed by atoms with van der Waals surface area (Å²) in [7, 11) is 0. The van der Waals surface area contributed by atoms with E-state index in [-0.39, 0.29) is 0 Å². The predicted molar refractivity (Wildman–Crippen MR) is 208 cm³/mol. The normalized spacial score (nSPS) is 12.0. The molecule has 10 aromatic rings. The van der Waals surface area contributed by atoms with Crippen molar-refractivity contribution in [1.29, 1.82) is 0 Å². The molecule has 0 aliphatic rings. The van der Waals surface area contributed by atoms with Crippen molar-refractivity contribution in [2.75, 3.05) is 0 Å². The molecule has 0 spiro atoms. The summed E-state index contributed by atoms with van der Waals surface area (Å²) in [6, 6.07) is 51.1. The Hall–Kier alpha value is -7.06. The predicted octanol–water partition coefficient (Wildman–Crippen LogP) is 12.6. The van der Waals surface area contributed by atoms with Gasteiger partial charge < -0.3 is 8.98 Å². The van der Waals surface area contributed by atoms with Crippen molar-refractivity contribution in [2.45, 2.75) is 6.18 Å². The molecule has 10 rings (SSSR count). The lowest BCUT2D eigenvalue weighted by Crippen LogP contribution is -2.05. The molecule has 0 unspecified atom stereocenters. The largest absolute Gasteiger partial charge is 0.456 e. The van der Waals surface area contributed by atoms with Crippen LogP contribution in [0.1, 0.15) is 5.56 Å². The van der Waals surface area contributed by atoms with Crippen LogP contribution in [0, 0.1) is 0 Å². The highest BCUT2D eigenvalue weighted by Gasteiger charge is 2.31. The zero-order chi connectivity index (χ0) is 36.4. The minimum absolute atomic E-state index is 0.419. The van der Waals surface area contributed by atoms with Crippen LogP contribution in [0.2, 0.25) is 0 Å². The maximum Gasteiger partial charge on any atom is 0.416 e. The monoisotopic (exact) mass is 708 g/mol. The van der Waals surface area contributed by atoms with Gasteiger partial charge in [-0.15, -0.1) is 0 Å². The summed E-state index contributed by atoms with van der Waals surface area (Å²) in [6.45, 7) is 0. The Balaban J connectivity index is 1.26. The number of halogens is 3. The van der Waals surface area contributed by atoms with Gasteiger partial charge in [0.1, 0.15) is 11.2 Å². The van der Waals surface area contributed by atoms with E-state index in [9.17, 15) is 13.2 Å². The summed E-state index contributed by atoms with van der Waals surface area (Å²) < 4.78 is 50.3. The van der Waals surface area contributed by atoms with Gasteiger partial charge in [0.25, 0.3) is 0 Å². The fourth-order valence-electron chi connectivity index (χ4n) is 7.33. The molecule has 0 atom stereocenters. The summed E-state index contributed by atoms with van der Waals surface area (Å²) in [5, 5.41) is 3.26. The van der Waals surface area contributed by atoms with Crippen LogP contribution in [0.15, 0.2) is 168 Å². The third-order valence-corrected chi connectivity index (χ3v) is 9.89. The van der Waals surface area contributed by atoms with Crippen LogP contribution in [-0.2, 0) is 6.18 Å². The summed E-state index contributed by atoms with van der Waals surface area (Å²) in [5.74, 6) is 1.41. The molecule has 0 amide bonds. The van der Waals surface area contributed by atoms with Gasteiger partial charge in [0, 0.05) is 38.2 Å². The zero-order valence-electron chi connectivity index (χ0n) is 28.4. The molecule has 258 valence electrons. The van der Waals surface area contributed by atoms with Crippen LogP contribution in [0.5, 0.6) is 0 Å². The molecule has 0 aliphatic heterocycles. The van der Waals surface area contributed by atoms with E-state index in [0.29, 0.717) is 45.0 Å². The maximum atomic E-state index is 14.0. The first kappa shape index (κ1) is 31.7. The van der Waals surface area contributed by atoms with E-state index < -0.39 is 11.7 Å². The van der Waals surface area contributed by atoms with Gasteiger partial charge in [0.2, 0.25) is 0 Å². The van der Waals surface area contributed by atoms with Crippen molar-refractivity contribution in [1.82, 2.24) is 19.5 Å². The number of benzene rings is 7. The zero-order valence-corrected chi connectivity index (χ0v) is 28.4. The standard InChI is InChI=1S/C46H27F3N4O/c47-46(48,49)32-21-24-39-36(27-32)33-15-7-9-17-38(33)53(39)40-23-20-30(31-19-22-35-34-16-8-10-18-41(34)54-42(35)26-31)25-37(40)45-51-43(28-11-3-1-4-12-28)50-44(52-45)29-13-5-2-6-14-29/h1-27H. The lowest BCUT2D eigenvalue weighted by molar-refractivity contribution is -0.137. The van der Waals surface area contributed by atoms with E-state index in [1.807, 2.05) is 138 Å². The second-order valence-corrected chi connectivity index (χ2v) is 13.2. The molecule has 0 bridgehead atoms. The Morgan fingerprint density at radius 1 is 0.426 bits per heavy atom. The van der Waals surface area contributed by atoms with Crippen LogP contribution in [0.4, 0.5) is 13.2 Å². The smallest absolute Gasteiger partial charge is 0.416 e. The van der Waals surface area contributed by atoms with E-state index in [0.717, 1.165) is 55.8 Å². The average molecular weight is 709 g/mol. The van der Waals surface area contributed by atoms with Crippen molar-refractivity contribution in [3.63, 3.8) is 0 Å². The summed E-state index contributed by atoms with van der Waals surface area (Å²) >= 11 is 0. The van der Waals surface area contributed by atoms with E-state index in [1.165, 1.54) is 6.07 Å². The molecule has 0 saturated heterocycles. The number of nitrogens with zero attached hydrogens (tertiary/aromatic N) is 4.